The van der Waals surface area contributed by atoms with Crippen LogP contribution >= 0.6 is 0 Å². The Morgan fingerprint density at radius 2 is 0.737 bits per heavy atom. The van der Waals surface area contributed by atoms with Crippen molar-refractivity contribution >= 4 is 38.1 Å². The van der Waals surface area contributed by atoms with E-state index in [1.165, 1.54) is 25.7 Å². The molecule has 114 valence electrons. The van der Waals surface area contributed by atoms with Gasteiger partial charge in [-0.1, -0.05) is 51.4 Å². The van der Waals surface area contributed by atoms with Crippen LogP contribution in [0.4, 0.5) is 0 Å². The van der Waals surface area contributed by atoms with Gasteiger partial charge in [0.05, 0.1) is 0 Å². The van der Waals surface area contributed by atoms with E-state index in [-0.39, 0.29) is 26.2 Å². The molecule has 0 heterocycles. The van der Waals surface area contributed by atoms with Crippen LogP contribution in [0.3, 0.4) is 0 Å². The molecule has 0 unspecified atom stereocenters. The van der Waals surface area contributed by atoms with Crippen LogP contribution in [0.15, 0.2) is 0 Å². The summed E-state index contributed by atoms with van der Waals surface area (Å²) in [7, 11) is 0. The van der Waals surface area contributed by atoms with Crippen LogP contribution in [0, 0.1) is 0 Å². The quantitative estimate of drug-likeness (QED) is 0.321. The SMILES string of the molecule is O=C(O)CCCCCCCCCCCCC(=O)O.[BiH3]. The summed E-state index contributed by atoms with van der Waals surface area (Å²) < 4.78 is 0. The molecule has 0 aliphatic rings. The average Bonchev–Trinajstić information content (AvgIpc) is 2.29. The van der Waals surface area contributed by atoms with Gasteiger partial charge in [-0.15, -0.1) is 0 Å². The molecule has 19 heavy (non-hydrogen) atoms. The van der Waals surface area contributed by atoms with E-state index in [4.69, 9.17) is 10.2 Å². The molecule has 0 amide bonds. The Hall–Kier alpha value is -0.177. The third kappa shape index (κ3) is 20.3. The molecule has 0 atom stereocenters. The summed E-state index contributed by atoms with van der Waals surface area (Å²) in [5, 5.41) is 16.9. The van der Waals surface area contributed by atoms with Crippen molar-refractivity contribution in [3.05, 3.63) is 0 Å². The molecule has 2 N–H and O–H groups in total. The molecule has 0 fully saturated rings. The predicted octanol–water partition coefficient (Wildman–Crippen LogP) is 2.65. The van der Waals surface area contributed by atoms with Gasteiger partial charge in [0, 0.05) is 12.8 Å². The maximum absolute atomic E-state index is 10.3. The Morgan fingerprint density at radius 3 is 0.947 bits per heavy atom. The summed E-state index contributed by atoms with van der Waals surface area (Å²) >= 11 is 0. The van der Waals surface area contributed by atoms with Gasteiger partial charge in [-0.3, -0.25) is 9.59 Å². The molecule has 0 aromatic rings. The Balaban J connectivity index is 0. The normalized spacial score (nSPS) is 9.89. The first-order valence-electron chi connectivity index (χ1n) is 7.06. The van der Waals surface area contributed by atoms with E-state index in [0.29, 0.717) is 12.8 Å². The van der Waals surface area contributed by atoms with Crippen LogP contribution in [0.2, 0.25) is 0 Å². The molecule has 0 aromatic heterocycles. The number of unbranched alkanes of at least 4 members (excludes halogenated alkanes) is 9. The van der Waals surface area contributed by atoms with Gasteiger partial charge in [-0.05, 0) is 12.8 Å². The average molecular weight is 470 g/mol. The standard InChI is InChI=1S/C14H26O4.Bi.3H/c15-13(16)11-9-7-5-3-1-2-4-6-8-10-12-14(17)18;;;;/h1-12H2,(H,15,16)(H,17,18);;;;. The summed E-state index contributed by atoms with van der Waals surface area (Å²) in [5.41, 5.74) is 0. The summed E-state index contributed by atoms with van der Waals surface area (Å²) in [4.78, 5) is 20.5. The third-order valence-electron chi connectivity index (χ3n) is 3.03. The number of hydrogen-bond donors (Lipinski definition) is 2. The molecule has 0 aliphatic carbocycles. The van der Waals surface area contributed by atoms with Crippen molar-refractivity contribution in [1.82, 2.24) is 0 Å². The van der Waals surface area contributed by atoms with E-state index in [1.807, 2.05) is 0 Å². The van der Waals surface area contributed by atoms with Crippen LogP contribution in [0.25, 0.3) is 0 Å². The fraction of sp³-hybridized carbons (Fsp3) is 0.857. The molecular formula is C14H29BiO4. The number of aliphatic carboxylic acids is 2. The Labute approximate surface area is 135 Å². The monoisotopic (exact) mass is 470 g/mol. The van der Waals surface area contributed by atoms with Gasteiger partial charge < -0.3 is 10.2 Å². The number of hydrogen-bond acceptors (Lipinski definition) is 2. The minimum absolute atomic E-state index is 0. The van der Waals surface area contributed by atoms with Crippen molar-refractivity contribution in [3.63, 3.8) is 0 Å². The van der Waals surface area contributed by atoms with E-state index >= 15 is 0 Å². The van der Waals surface area contributed by atoms with Crippen LogP contribution in [-0.4, -0.2) is 48.4 Å². The molecule has 0 saturated carbocycles. The number of carboxylic acid groups (broad SMARTS) is 2. The van der Waals surface area contributed by atoms with Gasteiger partial charge in [-0.25, -0.2) is 0 Å². The number of carbonyl (C=O) groups is 2. The fourth-order valence-corrected chi connectivity index (χ4v) is 1.97. The van der Waals surface area contributed by atoms with Crippen molar-refractivity contribution in [1.29, 1.82) is 0 Å². The van der Waals surface area contributed by atoms with Gasteiger partial charge in [0.1, 0.15) is 0 Å². The molecule has 0 saturated heterocycles. The van der Waals surface area contributed by atoms with Crippen molar-refractivity contribution in [2.45, 2.75) is 77.0 Å². The predicted molar refractivity (Wildman–Crippen MR) is 80.6 cm³/mol. The van der Waals surface area contributed by atoms with Gasteiger partial charge in [0.2, 0.25) is 0 Å². The molecule has 0 radical (unpaired) electrons. The molecule has 0 spiro atoms. The van der Waals surface area contributed by atoms with Gasteiger partial charge in [0.15, 0.2) is 0 Å². The van der Waals surface area contributed by atoms with Crippen LogP contribution in [0.1, 0.15) is 77.0 Å². The zero-order chi connectivity index (χ0) is 13.6. The van der Waals surface area contributed by atoms with E-state index in [2.05, 4.69) is 0 Å². The second kappa shape index (κ2) is 15.9. The summed E-state index contributed by atoms with van der Waals surface area (Å²) in [6.07, 6.45) is 11.3. The topological polar surface area (TPSA) is 74.6 Å². The first kappa shape index (κ1) is 21.1. The van der Waals surface area contributed by atoms with Crippen molar-refractivity contribution < 1.29 is 19.8 Å². The molecule has 4 nitrogen and oxygen atoms in total. The Kier molecular flexibility index (Phi) is 17.7. The van der Waals surface area contributed by atoms with Crippen molar-refractivity contribution in [2.75, 3.05) is 0 Å². The molecule has 0 bridgehead atoms. The second-order valence-electron chi connectivity index (χ2n) is 4.82. The Bertz CT molecular complexity index is 207. The molecular weight excluding hydrogens is 441 g/mol. The van der Waals surface area contributed by atoms with E-state index in [9.17, 15) is 9.59 Å². The molecule has 5 heteroatoms. The fourth-order valence-electron chi connectivity index (χ4n) is 1.97. The molecule has 0 rings (SSSR count). The Morgan fingerprint density at radius 1 is 0.526 bits per heavy atom. The van der Waals surface area contributed by atoms with E-state index < -0.39 is 11.9 Å². The minimum atomic E-state index is -0.698. The summed E-state index contributed by atoms with van der Waals surface area (Å²) in [6, 6.07) is 0. The number of rotatable bonds is 13. The van der Waals surface area contributed by atoms with Crippen LogP contribution in [-0.2, 0) is 9.59 Å². The zero-order valence-corrected chi connectivity index (χ0v) is 17.4. The first-order valence-corrected chi connectivity index (χ1v) is 7.06. The first-order chi connectivity index (χ1) is 8.63. The van der Waals surface area contributed by atoms with Crippen molar-refractivity contribution in [2.24, 2.45) is 0 Å². The van der Waals surface area contributed by atoms with Gasteiger partial charge >= 0.3 is 38.1 Å². The molecule has 0 aliphatic heterocycles. The van der Waals surface area contributed by atoms with Crippen molar-refractivity contribution in [3.8, 4) is 0 Å². The van der Waals surface area contributed by atoms with Crippen LogP contribution < -0.4 is 0 Å². The third-order valence-corrected chi connectivity index (χ3v) is 3.03. The van der Waals surface area contributed by atoms with E-state index in [1.54, 1.807) is 0 Å². The summed E-state index contributed by atoms with van der Waals surface area (Å²) in [6.45, 7) is 0. The zero-order valence-electron chi connectivity index (χ0n) is 11.9. The van der Waals surface area contributed by atoms with Crippen LogP contribution in [0.5, 0.6) is 0 Å². The number of carboxylic acids is 2. The maximum atomic E-state index is 10.3. The second-order valence-corrected chi connectivity index (χ2v) is 4.82. The summed E-state index contributed by atoms with van der Waals surface area (Å²) in [5.74, 6) is -1.40. The van der Waals surface area contributed by atoms with Gasteiger partial charge in [0.25, 0.3) is 0 Å². The molecule has 0 aromatic carbocycles. The van der Waals surface area contributed by atoms with E-state index in [0.717, 1.165) is 38.5 Å². The van der Waals surface area contributed by atoms with Gasteiger partial charge in [-0.2, -0.15) is 0 Å².